The van der Waals surface area contributed by atoms with Crippen LogP contribution in [-0.2, 0) is 11.2 Å². The molecule has 0 aromatic carbocycles. The summed E-state index contributed by atoms with van der Waals surface area (Å²) in [6.07, 6.45) is 6.97. The fourth-order valence-corrected chi connectivity index (χ4v) is 3.87. The summed E-state index contributed by atoms with van der Waals surface area (Å²) in [5.41, 5.74) is 1.84. The highest BCUT2D eigenvalue weighted by Crippen LogP contribution is 2.33. The molecule has 1 aliphatic rings. The van der Waals surface area contributed by atoms with Gasteiger partial charge in [0.15, 0.2) is 5.82 Å². The van der Waals surface area contributed by atoms with E-state index in [1.807, 2.05) is 13.0 Å². The second kappa shape index (κ2) is 5.77. The van der Waals surface area contributed by atoms with Gasteiger partial charge in [-0.3, -0.25) is 9.89 Å². The molecule has 0 aliphatic heterocycles. The molecule has 0 bridgehead atoms. The summed E-state index contributed by atoms with van der Waals surface area (Å²) in [6, 6.07) is 1.95. The van der Waals surface area contributed by atoms with Crippen LogP contribution in [0.1, 0.15) is 48.0 Å². The normalized spacial score (nSPS) is 15.5. The van der Waals surface area contributed by atoms with E-state index in [1.165, 1.54) is 37.0 Å². The molecule has 2 N–H and O–H groups in total. The Balaban J connectivity index is 1.40. The minimum atomic E-state index is -0.114. The fraction of sp³-hybridized carbons (Fsp3) is 0.467. The number of nitrogens with zero attached hydrogens (tertiary/aromatic N) is 4. The summed E-state index contributed by atoms with van der Waals surface area (Å²) < 4.78 is 1.72. The molecule has 3 aromatic rings. The van der Waals surface area contributed by atoms with Crippen molar-refractivity contribution in [2.24, 2.45) is 0 Å². The first kappa shape index (κ1) is 14.4. The van der Waals surface area contributed by atoms with Crippen molar-refractivity contribution in [2.75, 3.05) is 5.32 Å². The Kier molecular flexibility index (Phi) is 3.60. The van der Waals surface area contributed by atoms with Crippen LogP contribution in [0.4, 0.5) is 5.82 Å². The molecule has 1 aliphatic carbocycles. The van der Waals surface area contributed by atoms with Gasteiger partial charge >= 0.3 is 0 Å². The predicted molar refractivity (Wildman–Crippen MR) is 87.7 cm³/mol. The molecule has 0 unspecified atom stereocenters. The standard InChI is InChI=1S/C15H18N6OS/c1-9-20-21-8-11(16-15(21)23-9)6-14(22)17-13-7-12(18-19-13)10-4-2-3-5-10/h7-8,10H,2-6H2,1H3,(H2,17,18,19,22). The summed E-state index contributed by atoms with van der Waals surface area (Å²) in [7, 11) is 0. The molecule has 3 heterocycles. The number of amides is 1. The number of rotatable bonds is 4. The molecule has 120 valence electrons. The molecule has 7 nitrogen and oxygen atoms in total. The van der Waals surface area contributed by atoms with Crippen molar-refractivity contribution in [3.8, 4) is 0 Å². The number of H-pyrrole nitrogens is 1. The zero-order valence-electron chi connectivity index (χ0n) is 12.9. The number of hydrogen-bond donors (Lipinski definition) is 2. The van der Waals surface area contributed by atoms with Gasteiger partial charge in [0.2, 0.25) is 10.9 Å². The molecule has 0 spiro atoms. The van der Waals surface area contributed by atoms with Crippen LogP contribution in [0.3, 0.4) is 0 Å². The van der Waals surface area contributed by atoms with E-state index in [0.717, 1.165) is 15.7 Å². The minimum Gasteiger partial charge on any atom is -0.309 e. The number of imidazole rings is 1. The molecule has 1 fully saturated rings. The van der Waals surface area contributed by atoms with Gasteiger partial charge in [-0.15, -0.1) is 0 Å². The third-order valence-electron chi connectivity index (χ3n) is 4.20. The number of carbonyl (C=O) groups excluding carboxylic acids is 1. The topological polar surface area (TPSA) is 88.0 Å². The lowest BCUT2D eigenvalue weighted by Gasteiger charge is -2.03. The second-order valence-corrected chi connectivity index (χ2v) is 7.16. The van der Waals surface area contributed by atoms with E-state index in [0.29, 0.717) is 17.4 Å². The lowest BCUT2D eigenvalue weighted by atomic mass is 10.0. The first-order chi connectivity index (χ1) is 11.2. The zero-order chi connectivity index (χ0) is 15.8. The second-order valence-electron chi connectivity index (χ2n) is 6.00. The van der Waals surface area contributed by atoms with Gasteiger partial charge in [0, 0.05) is 17.7 Å². The van der Waals surface area contributed by atoms with Crippen molar-refractivity contribution in [3.05, 3.63) is 28.7 Å². The van der Waals surface area contributed by atoms with Gasteiger partial charge in [-0.2, -0.15) is 10.2 Å². The van der Waals surface area contributed by atoms with Gasteiger partial charge in [0.05, 0.1) is 18.3 Å². The number of anilines is 1. The lowest BCUT2D eigenvalue weighted by molar-refractivity contribution is -0.115. The van der Waals surface area contributed by atoms with Crippen LogP contribution < -0.4 is 5.32 Å². The van der Waals surface area contributed by atoms with E-state index < -0.39 is 0 Å². The van der Waals surface area contributed by atoms with Gasteiger partial charge in [-0.25, -0.2) is 9.50 Å². The van der Waals surface area contributed by atoms with Gasteiger partial charge in [-0.05, 0) is 19.8 Å². The van der Waals surface area contributed by atoms with E-state index in [4.69, 9.17) is 0 Å². The molecule has 23 heavy (non-hydrogen) atoms. The Morgan fingerprint density at radius 3 is 3.09 bits per heavy atom. The molecule has 1 amide bonds. The number of carbonyl (C=O) groups is 1. The van der Waals surface area contributed by atoms with Gasteiger partial charge < -0.3 is 5.32 Å². The number of aryl methyl sites for hydroxylation is 1. The molecule has 0 atom stereocenters. The molecule has 1 saturated carbocycles. The first-order valence-corrected chi connectivity index (χ1v) is 8.66. The third kappa shape index (κ3) is 2.98. The van der Waals surface area contributed by atoms with Crippen LogP contribution in [0.5, 0.6) is 0 Å². The van der Waals surface area contributed by atoms with Crippen molar-refractivity contribution in [1.82, 2.24) is 24.8 Å². The summed E-state index contributed by atoms with van der Waals surface area (Å²) in [5, 5.41) is 15.3. The fourth-order valence-electron chi connectivity index (χ4n) is 3.13. The Labute approximate surface area is 137 Å². The van der Waals surface area contributed by atoms with Crippen LogP contribution in [0.25, 0.3) is 4.96 Å². The van der Waals surface area contributed by atoms with Gasteiger partial charge in [0.1, 0.15) is 5.01 Å². The Bertz CT molecular complexity index is 810. The van der Waals surface area contributed by atoms with Crippen LogP contribution in [-0.4, -0.2) is 30.7 Å². The molecule has 0 saturated heterocycles. The molecule has 3 aromatic heterocycles. The summed E-state index contributed by atoms with van der Waals surface area (Å²) in [4.78, 5) is 17.4. The molecular formula is C15H18N6OS. The van der Waals surface area contributed by atoms with Crippen LogP contribution in [0, 0.1) is 6.92 Å². The van der Waals surface area contributed by atoms with Gasteiger partial charge in [-0.1, -0.05) is 24.2 Å². The number of hydrogen-bond acceptors (Lipinski definition) is 5. The highest BCUT2D eigenvalue weighted by Gasteiger charge is 2.19. The van der Waals surface area contributed by atoms with Crippen molar-refractivity contribution >= 4 is 28.0 Å². The summed E-state index contributed by atoms with van der Waals surface area (Å²) in [5.74, 6) is 1.03. The molecule has 4 rings (SSSR count). The number of aromatic nitrogens is 5. The minimum absolute atomic E-state index is 0.114. The first-order valence-electron chi connectivity index (χ1n) is 7.84. The van der Waals surface area contributed by atoms with E-state index in [2.05, 4.69) is 25.6 Å². The van der Waals surface area contributed by atoms with E-state index in [-0.39, 0.29) is 12.3 Å². The van der Waals surface area contributed by atoms with E-state index in [9.17, 15) is 4.79 Å². The lowest BCUT2D eigenvalue weighted by Crippen LogP contribution is -2.14. The number of aromatic amines is 1. The van der Waals surface area contributed by atoms with Crippen molar-refractivity contribution in [3.63, 3.8) is 0 Å². The van der Waals surface area contributed by atoms with Crippen LogP contribution >= 0.6 is 11.3 Å². The number of fused-ring (bicyclic) bond motifs is 1. The molecular weight excluding hydrogens is 312 g/mol. The average Bonchev–Trinajstić information content (AvgIpc) is 3.21. The molecule has 8 heteroatoms. The Morgan fingerprint density at radius 2 is 2.30 bits per heavy atom. The van der Waals surface area contributed by atoms with E-state index >= 15 is 0 Å². The maximum absolute atomic E-state index is 12.1. The van der Waals surface area contributed by atoms with Gasteiger partial charge in [0.25, 0.3) is 0 Å². The maximum Gasteiger partial charge on any atom is 0.231 e. The zero-order valence-corrected chi connectivity index (χ0v) is 13.7. The highest BCUT2D eigenvalue weighted by atomic mass is 32.1. The van der Waals surface area contributed by atoms with E-state index in [1.54, 1.807) is 10.7 Å². The Morgan fingerprint density at radius 1 is 1.48 bits per heavy atom. The summed E-state index contributed by atoms with van der Waals surface area (Å²) in [6.45, 7) is 1.94. The molecule has 0 radical (unpaired) electrons. The largest absolute Gasteiger partial charge is 0.309 e. The SMILES string of the molecule is Cc1nn2cc(CC(=O)Nc3cc(C4CCCC4)[nH]n3)nc2s1. The Hall–Kier alpha value is -2.22. The van der Waals surface area contributed by atoms with Crippen LogP contribution in [0.15, 0.2) is 12.3 Å². The number of nitrogens with one attached hydrogen (secondary N) is 2. The summed E-state index contributed by atoms with van der Waals surface area (Å²) >= 11 is 1.51. The van der Waals surface area contributed by atoms with Crippen molar-refractivity contribution < 1.29 is 4.79 Å². The smallest absolute Gasteiger partial charge is 0.231 e. The highest BCUT2D eigenvalue weighted by molar-refractivity contribution is 7.16. The maximum atomic E-state index is 12.1. The predicted octanol–water partition coefficient (Wildman–Crippen LogP) is 2.66. The third-order valence-corrected chi connectivity index (χ3v) is 5.03. The van der Waals surface area contributed by atoms with Crippen LogP contribution in [0.2, 0.25) is 0 Å². The average molecular weight is 330 g/mol. The monoisotopic (exact) mass is 330 g/mol. The quantitative estimate of drug-likeness (QED) is 0.770. The van der Waals surface area contributed by atoms with Crippen molar-refractivity contribution in [1.29, 1.82) is 0 Å². The van der Waals surface area contributed by atoms with Crippen molar-refractivity contribution in [2.45, 2.75) is 44.9 Å².